The Balaban J connectivity index is 1.58. The maximum absolute atomic E-state index is 13.4. The number of ether oxygens (including phenoxy) is 1. The second kappa shape index (κ2) is 11.3. The Morgan fingerprint density at radius 3 is 2.65 bits per heavy atom. The topological polar surface area (TPSA) is 85.2 Å². The van der Waals surface area contributed by atoms with Crippen LogP contribution in [0.4, 0.5) is 5.69 Å². The largest absolute Gasteiger partial charge is 0.383 e. The normalized spacial score (nSPS) is 15.2. The van der Waals surface area contributed by atoms with Crippen molar-refractivity contribution < 1.29 is 14.3 Å². The monoisotopic (exact) mass is 462 g/mol. The van der Waals surface area contributed by atoms with Crippen molar-refractivity contribution in [2.24, 2.45) is 5.92 Å². The summed E-state index contributed by atoms with van der Waals surface area (Å²) in [4.78, 5) is 30.7. The zero-order chi connectivity index (χ0) is 23.9. The van der Waals surface area contributed by atoms with Gasteiger partial charge in [0.15, 0.2) is 0 Å². The van der Waals surface area contributed by atoms with E-state index in [0.29, 0.717) is 36.5 Å². The Morgan fingerprint density at radius 1 is 1.15 bits per heavy atom. The number of rotatable bonds is 9. The first kappa shape index (κ1) is 24.0. The van der Waals surface area contributed by atoms with E-state index in [0.717, 1.165) is 31.2 Å². The molecule has 2 amide bonds. The summed E-state index contributed by atoms with van der Waals surface area (Å²) >= 11 is 0. The van der Waals surface area contributed by atoms with Crippen molar-refractivity contribution in [3.63, 3.8) is 0 Å². The minimum atomic E-state index is -0.180. The molecule has 0 saturated heterocycles. The number of carbonyl (C=O) groups is 2. The van der Waals surface area contributed by atoms with Gasteiger partial charge in [-0.1, -0.05) is 56.5 Å². The van der Waals surface area contributed by atoms with Crippen molar-refractivity contribution in [2.75, 3.05) is 25.6 Å². The number of imidazole rings is 1. The number of nitrogens with one attached hydrogen (secondary N) is 2. The molecular formula is C27H34N4O3. The highest BCUT2D eigenvalue weighted by Gasteiger charge is 2.23. The molecule has 34 heavy (non-hydrogen) atoms. The highest BCUT2D eigenvalue weighted by Crippen LogP contribution is 2.28. The lowest BCUT2D eigenvalue weighted by Crippen LogP contribution is -2.28. The molecule has 0 aliphatic heterocycles. The molecule has 0 spiro atoms. The summed E-state index contributed by atoms with van der Waals surface area (Å²) in [5.41, 5.74) is 3.72. The van der Waals surface area contributed by atoms with Crippen LogP contribution in [0.1, 0.15) is 60.9 Å². The Morgan fingerprint density at radius 2 is 1.91 bits per heavy atom. The van der Waals surface area contributed by atoms with Crippen LogP contribution in [0.15, 0.2) is 48.8 Å². The molecule has 1 aromatic heterocycles. The molecular weight excluding hydrogens is 428 g/mol. The average molecular weight is 463 g/mol. The standard InChI is InChI=1S/C27H34N4O3/c1-19(20-9-5-3-6-10-20)17-28-27(33)23-15-22(30-26(32)21-11-7-4-8-12-21)16-24-25(23)31(18-29-24)13-14-34-2/h3,5-6,9-10,15-16,18-19,21H,4,7-8,11-14,17H2,1-2H3,(H,28,33)(H,30,32)/t19-/m0/s1. The number of benzene rings is 2. The van der Waals surface area contributed by atoms with Crippen molar-refractivity contribution in [2.45, 2.75) is 51.5 Å². The van der Waals surface area contributed by atoms with Gasteiger partial charge in [-0.3, -0.25) is 9.59 Å². The third-order valence-electron chi connectivity index (χ3n) is 6.68. The molecule has 1 aliphatic carbocycles. The van der Waals surface area contributed by atoms with Crippen molar-refractivity contribution in [3.05, 3.63) is 59.9 Å². The lowest BCUT2D eigenvalue weighted by molar-refractivity contribution is -0.120. The van der Waals surface area contributed by atoms with Gasteiger partial charge < -0.3 is 19.9 Å². The van der Waals surface area contributed by atoms with Crippen LogP contribution < -0.4 is 10.6 Å². The number of anilines is 1. The third-order valence-corrected chi connectivity index (χ3v) is 6.68. The number of methoxy groups -OCH3 is 1. The molecule has 0 unspecified atom stereocenters. The van der Waals surface area contributed by atoms with Crippen LogP contribution in [-0.2, 0) is 16.1 Å². The second-order valence-electron chi connectivity index (χ2n) is 9.17. The number of hydrogen-bond acceptors (Lipinski definition) is 4. The Kier molecular flexibility index (Phi) is 7.95. The Hall–Kier alpha value is -3.19. The molecule has 1 fully saturated rings. The summed E-state index contributed by atoms with van der Waals surface area (Å²) in [6, 6.07) is 13.7. The number of aromatic nitrogens is 2. The third kappa shape index (κ3) is 5.65. The molecule has 3 aromatic rings. The smallest absolute Gasteiger partial charge is 0.253 e. The highest BCUT2D eigenvalue weighted by atomic mass is 16.5. The lowest BCUT2D eigenvalue weighted by atomic mass is 9.88. The summed E-state index contributed by atoms with van der Waals surface area (Å²) in [5.74, 6) is 0.0589. The average Bonchev–Trinajstić information content (AvgIpc) is 3.29. The van der Waals surface area contributed by atoms with E-state index >= 15 is 0 Å². The molecule has 2 aromatic carbocycles. The SMILES string of the molecule is COCCn1cnc2cc(NC(=O)C3CCCCC3)cc(C(=O)NC[C@H](C)c3ccccc3)c21. The minimum Gasteiger partial charge on any atom is -0.383 e. The Labute approximate surface area is 200 Å². The van der Waals surface area contributed by atoms with Crippen LogP contribution in [0.3, 0.4) is 0 Å². The van der Waals surface area contributed by atoms with E-state index in [-0.39, 0.29) is 23.7 Å². The quantitative estimate of drug-likeness (QED) is 0.481. The first-order valence-corrected chi connectivity index (χ1v) is 12.2. The van der Waals surface area contributed by atoms with E-state index in [1.165, 1.54) is 12.0 Å². The number of carbonyl (C=O) groups excluding carboxylic acids is 2. The van der Waals surface area contributed by atoms with Gasteiger partial charge in [0.25, 0.3) is 5.91 Å². The Bertz CT molecular complexity index is 1120. The molecule has 0 bridgehead atoms. The van der Waals surface area contributed by atoms with E-state index in [4.69, 9.17) is 4.74 Å². The fourth-order valence-electron chi connectivity index (χ4n) is 4.66. The van der Waals surface area contributed by atoms with Gasteiger partial charge in [0, 0.05) is 31.8 Å². The van der Waals surface area contributed by atoms with Crippen molar-refractivity contribution in [3.8, 4) is 0 Å². The number of amides is 2. The molecule has 7 nitrogen and oxygen atoms in total. The zero-order valence-corrected chi connectivity index (χ0v) is 20.0. The lowest BCUT2D eigenvalue weighted by Gasteiger charge is -2.21. The maximum Gasteiger partial charge on any atom is 0.253 e. The molecule has 180 valence electrons. The van der Waals surface area contributed by atoms with Gasteiger partial charge in [-0.25, -0.2) is 4.98 Å². The molecule has 7 heteroatoms. The molecule has 1 saturated carbocycles. The van der Waals surface area contributed by atoms with Crippen LogP contribution in [0.5, 0.6) is 0 Å². The van der Waals surface area contributed by atoms with Gasteiger partial charge in [-0.05, 0) is 36.5 Å². The summed E-state index contributed by atoms with van der Waals surface area (Å²) < 4.78 is 7.16. The van der Waals surface area contributed by atoms with E-state index in [1.807, 2.05) is 28.8 Å². The molecule has 1 atom stereocenters. The van der Waals surface area contributed by atoms with E-state index in [1.54, 1.807) is 19.5 Å². The van der Waals surface area contributed by atoms with E-state index in [2.05, 4.69) is 34.7 Å². The van der Waals surface area contributed by atoms with Gasteiger partial charge in [-0.15, -0.1) is 0 Å². The van der Waals surface area contributed by atoms with Crippen LogP contribution in [0.25, 0.3) is 11.0 Å². The molecule has 0 radical (unpaired) electrons. The molecule has 4 rings (SSSR count). The summed E-state index contributed by atoms with van der Waals surface area (Å²) in [6.07, 6.45) is 6.94. The molecule has 1 heterocycles. The van der Waals surface area contributed by atoms with Crippen LogP contribution >= 0.6 is 0 Å². The minimum absolute atomic E-state index is 0.0296. The summed E-state index contributed by atoms with van der Waals surface area (Å²) in [6.45, 7) is 3.70. The van der Waals surface area contributed by atoms with Gasteiger partial charge in [-0.2, -0.15) is 0 Å². The highest BCUT2D eigenvalue weighted by molar-refractivity contribution is 6.07. The first-order chi connectivity index (χ1) is 16.6. The maximum atomic E-state index is 13.4. The molecule has 1 aliphatic rings. The number of hydrogen-bond donors (Lipinski definition) is 2. The van der Waals surface area contributed by atoms with Crippen molar-refractivity contribution in [1.82, 2.24) is 14.9 Å². The van der Waals surface area contributed by atoms with E-state index in [9.17, 15) is 9.59 Å². The van der Waals surface area contributed by atoms with Crippen LogP contribution in [0.2, 0.25) is 0 Å². The number of nitrogens with zero attached hydrogens (tertiary/aromatic N) is 2. The first-order valence-electron chi connectivity index (χ1n) is 12.2. The predicted molar refractivity (Wildman–Crippen MR) is 134 cm³/mol. The summed E-state index contributed by atoms with van der Waals surface area (Å²) in [5, 5.41) is 6.13. The second-order valence-corrected chi connectivity index (χ2v) is 9.17. The van der Waals surface area contributed by atoms with Crippen LogP contribution in [-0.4, -0.2) is 41.6 Å². The van der Waals surface area contributed by atoms with Crippen LogP contribution in [0, 0.1) is 5.92 Å². The molecule has 2 N–H and O–H groups in total. The van der Waals surface area contributed by atoms with Crippen molar-refractivity contribution in [1.29, 1.82) is 0 Å². The zero-order valence-electron chi connectivity index (χ0n) is 20.0. The van der Waals surface area contributed by atoms with Gasteiger partial charge in [0.1, 0.15) is 0 Å². The predicted octanol–water partition coefficient (Wildman–Crippen LogP) is 4.74. The fraction of sp³-hybridized carbons (Fsp3) is 0.444. The van der Waals surface area contributed by atoms with Crippen molar-refractivity contribution >= 4 is 28.5 Å². The summed E-state index contributed by atoms with van der Waals surface area (Å²) in [7, 11) is 1.65. The van der Waals surface area contributed by atoms with Gasteiger partial charge in [0.05, 0.1) is 29.5 Å². The van der Waals surface area contributed by atoms with E-state index < -0.39 is 0 Å². The van der Waals surface area contributed by atoms with Gasteiger partial charge >= 0.3 is 0 Å². The fourth-order valence-corrected chi connectivity index (χ4v) is 4.66. The number of fused-ring (bicyclic) bond motifs is 1. The van der Waals surface area contributed by atoms with Gasteiger partial charge in [0.2, 0.25) is 5.91 Å².